The summed E-state index contributed by atoms with van der Waals surface area (Å²) in [5.74, 6) is 0.00260. The fraction of sp³-hybridized carbons (Fsp3) is 0.438. The number of carbonyl (C=O) groups is 1. The number of hydrogen-bond donors (Lipinski definition) is 0. The molecule has 2 heterocycles. The number of amides is 1. The van der Waals surface area contributed by atoms with Gasteiger partial charge in [0, 0.05) is 37.6 Å². The molecule has 116 valence electrons. The van der Waals surface area contributed by atoms with Crippen LogP contribution >= 0.6 is 11.5 Å². The van der Waals surface area contributed by atoms with Crippen LogP contribution in [0, 0.1) is 0 Å². The van der Waals surface area contributed by atoms with Gasteiger partial charge in [-0.3, -0.25) is 9.69 Å². The molecule has 1 aliphatic rings. The second-order valence-electron chi connectivity index (χ2n) is 5.71. The van der Waals surface area contributed by atoms with Crippen molar-refractivity contribution in [2.24, 2.45) is 0 Å². The Bertz CT molecular complexity index is 602. The second-order valence-corrected chi connectivity index (χ2v) is 6.32. The molecule has 1 aromatic heterocycles. The van der Waals surface area contributed by atoms with Crippen LogP contribution in [0.2, 0.25) is 0 Å². The van der Waals surface area contributed by atoms with E-state index in [1.807, 2.05) is 11.0 Å². The number of benzene rings is 1. The molecule has 2 aromatic rings. The summed E-state index contributed by atoms with van der Waals surface area (Å²) in [4.78, 5) is 16.9. The van der Waals surface area contributed by atoms with Gasteiger partial charge in [0.2, 0.25) is 0 Å². The summed E-state index contributed by atoms with van der Waals surface area (Å²) in [6, 6.07) is 10.7. The third-order valence-electron chi connectivity index (χ3n) is 4.02. The molecule has 0 aliphatic carbocycles. The zero-order valence-electron chi connectivity index (χ0n) is 12.7. The van der Waals surface area contributed by atoms with E-state index in [2.05, 4.69) is 45.7 Å². The van der Waals surface area contributed by atoms with Crippen LogP contribution in [0.3, 0.4) is 0 Å². The van der Waals surface area contributed by atoms with Gasteiger partial charge in [-0.25, -0.2) is 0 Å². The van der Waals surface area contributed by atoms with E-state index in [9.17, 15) is 4.79 Å². The average molecular weight is 316 g/mol. The van der Waals surface area contributed by atoms with Crippen LogP contribution in [0.5, 0.6) is 0 Å². The molecule has 0 spiro atoms. The predicted molar refractivity (Wildman–Crippen MR) is 86.7 cm³/mol. The van der Waals surface area contributed by atoms with Crippen LogP contribution < -0.4 is 0 Å². The minimum absolute atomic E-state index is 0.00260. The van der Waals surface area contributed by atoms with Crippen molar-refractivity contribution >= 4 is 17.4 Å². The van der Waals surface area contributed by atoms with Gasteiger partial charge in [-0.2, -0.15) is 0 Å². The summed E-state index contributed by atoms with van der Waals surface area (Å²) in [6.07, 6.45) is 0.987. The Labute approximate surface area is 134 Å². The van der Waals surface area contributed by atoms with Crippen LogP contribution in [-0.4, -0.2) is 51.0 Å². The number of nitrogens with zero attached hydrogens (tertiary/aromatic N) is 4. The van der Waals surface area contributed by atoms with E-state index >= 15 is 0 Å². The molecule has 0 bridgehead atoms. The number of hydrogen-bond acceptors (Lipinski definition) is 5. The van der Waals surface area contributed by atoms with Crippen LogP contribution in [0.15, 0.2) is 35.7 Å². The Morgan fingerprint density at radius 1 is 1.32 bits per heavy atom. The van der Waals surface area contributed by atoms with E-state index < -0.39 is 0 Å². The summed E-state index contributed by atoms with van der Waals surface area (Å²) >= 11 is 1.22. The molecule has 22 heavy (non-hydrogen) atoms. The highest BCUT2D eigenvalue weighted by Gasteiger charge is 2.27. The molecule has 0 saturated carbocycles. The first kappa shape index (κ1) is 15.1. The van der Waals surface area contributed by atoms with Crippen molar-refractivity contribution in [2.45, 2.75) is 25.9 Å². The SMILES string of the molecule is C[C@H]1CN(Cc2ccccc2)CCCN1C(=O)c1csnn1. The van der Waals surface area contributed by atoms with Crippen molar-refractivity contribution in [2.75, 3.05) is 19.6 Å². The first-order chi connectivity index (χ1) is 10.7. The van der Waals surface area contributed by atoms with Gasteiger partial charge in [-0.05, 0) is 30.4 Å². The van der Waals surface area contributed by atoms with Crippen molar-refractivity contribution in [1.29, 1.82) is 0 Å². The van der Waals surface area contributed by atoms with Gasteiger partial charge in [0.25, 0.3) is 5.91 Å². The van der Waals surface area contributed by atoms with Gasteiger partial charge in [0.05, 0.1) is 0 Å². The molecular formula is C16H20N4OS. The molecule has 1 saturated heterocycles. The maximum atomic E-state index is 12.5. The molecule has 1 atom stereocenters. The highest BCUT2D eigenvalue weighted by Crippen LogP contribution is 2.15. The predicted octanol–water partition coefficient (Wildman–Crippen LogP) is 2.27. The van der Waals surface area contributed by atoms with E-state index in [0.717, 1.165) is 32.6 Å². The number of aromatic nitrogens is 2. The Morgan fingerprint density at radius 3 is 2.86 bits per heavy atom. The standard InChI is InChI=1S/C16H20N4OS/c1-13-10-19(11-14-6-3-2-4-7-14)8-5-9-20(13)16(21)15-12-22-18-17-15/h2-4,6-7,12-13H,5,8-11H2,1H3/t13-/m0/s1. The molecule has 3 rings (SSSR count). The van der Waals surface area contributed by atoms with Crippen LogP contribution in [0.25, 0.3) is 0 Å². The Morgan fingerprint density at radius 2 is 2.14 bits per heavy atom. The van der Waals surface area contributed by atoms with Gasteiger partial charge in [0.1, 0.15) is 0 Å². The summed E-state index contributed by atoms with van der Waals surface area (Å²) < 4.78 is 3.79. The Kier molecular flexibility index (Phi) is 4.80. The van der Waals surface area contributed by atoms with Gasteiger partial charge in [0.15, 0.2) is 5.69 Å². The third kappa shape index (κ3) is 3.51. The quantitative estimate of drug-likeness (QED) is 0.871. The summed E-state index contributed by atoms with van der Waals surface area (Å²) in [5.41, 5.74) is 1.78. The zero-order chi connectivity index (χ0) is 15.4. The van der Waals surface area contributed by atoms with Crippen molar-refractivity contribution in [1.82, 2.24) is 19.4 Å². The van der Waals surface area contributed by atoms with E-state index in [4.69, 9.17) is 0 Å². The highest BCUT2D eigenvalue weighted by atomic mass is 32.1. The maximum Gasteiger partial charge on any atom is 0.275 e. The molecule has 1 fully saturated rings. The first-order valence-corrected chi connectivity index (χ1v) is 8.42. The normalized spacial score (nSPS) is 19.9. The van der Waals surface area contributed by atoms with Gasteiger partial charge >= 0.3 is 0 Å². The largest absolute Gasteiger partial charge is 0.333 e. The average Bonchev–Trinajstić information content (AvgIpc) is 3.00. The molecular weight excluding hydrogens is 296 g/mol. The lowest BCUT2D eigenvalue weighted by molar-refractivity contribution is 0.0685. The van der Waals surface area contributed by atoms with E-state index in [0.29, 0.717) is 5.69 Å². The molecule has 5 nitrogen and oxygen atoms in total. The number of carbonyl (C=O) groups excluding carboxylic acids is 1. The van der Waals surface area contributed by atoms with Crippen molar-refractivity contribution in [3.63, 3.8) is 0 Å². The zero-order valence-corrected chi connectivity index (χ0v) is 13.5. The lowest BCUT2D eigenvalue weighted by atomic mass is 10.2. The van der Waals surface area contributed by atoms with E-state index in [-0.39, 0.29) is 11.9 Å². The van der Waals surface area contributed by atoms with Crippen molar-refractivity contribution in [3.05, 3.63) is 47.0 Å². The fourth-order valence-corrected chi connectivity index (χ4v) is 3.37. The first-order valence-electron chi connectivity index (χ1n) is 7.58. The molecule has 0 N–H and O–H groups in total. The van der Waals surface area contributed by atoms with E-state index in [1.165, 1.54) is 17.1 Å². The van der Waals surface area contributed by atoms with Crippen LogP contribution in [0.1, 0.15) is 29.4 Å². The fourth-order valence-electron chi connectivity index (χ4n) is 2.94. The van der Waals surface area contributed by atoms with E-state index in [1.54, 1.807) is 5.38 Å². The molecule has 6 heteroatoms. The minimum atomic E-state index is 0.00260. The molecule has 1 aliphatic heterocycles. The molecule has 0 unspecified atom stereocenters. The lowest BCUT2D eigenvalue weighted by Gasteiger charge is -2.28. The minimum Gasteiger partial charge on any atom is -0.333 e. The maximum absolute atomic E-state index is 12.5. The Hall–Kier alpha value is -1.79. The third-order valence-corrected chi connectivity index (χ3v) is 4.52. The van der Waals surface area contributed by atoms with Crippen LogP contribution in [-0.2, 0) is 6.54 Å². The van der Waals surface area contributed by atoms with Crippen molar-refractivity contribution in [3.8, 4) is 0 Å². The molecule has 1 aromatic carbocycles. The topological polar surface area (TPSA) is 49.3 Å². The van der Waals surface area contributed by atoms with Gasteiger partial charge in [-0.15, -0.1) is 5.10 Å². The van der Waals surface area contributed by atoms with Crippen LogP contribution in [0.4, 0.5) is 0 Å². The monoisotopic (exact) mass is 316 g/mol. The molecule has 0 radical (unpaired) electrons. The Balaban J connectivity index is 1.65. The summed E-state index contributed by atoms with van der Waals surface area (Å²) in [5, 5.41) is 5.63. The van der Waals surface area contributed by atoms with Crippen molar-refractivity contribution < 1.29 is 4.79 Å². The summed E-state index contributed by atoms with van der Waals surface area (Å²) in [7, 11) is 0. The summed E-state index contributed by atoms with van der Waals surface area (Å²) in [6.45, 7) is 5.73. The lowest BCUT2D eigenvalue weighted by Crippen LogP contribution is -2.42. The smallest absolute Gasteiger partial charge is 0.275 e. The second kappa shape index (κ2) is 6.98. The van der Waals surface area contributed by atoms with Gasteiger partial charge in [-0.1, -0.05) is 34.8 Å². The highest BCUT2D eigenvalue weighted by molar-refractivity contribution is 7.03. The number of rotatable bonds is 3. The molecule has 1 amide bonds. The van der Waals surface area contributed by atoms with Gasteiger partial charge < -0.3 is 4.90 Å².